The minimum Gasteiger partial charge on any atom is -0.384 e. The zero-order valence-electron chi connectivity index (χ0n) is 9.81. The van der Waals surface area contributed by atoms with E-state index in [1.54, 1.807) is 11.3 Å². The molecule has 1 unspecified atom stereocenters. The highest BCUT2D eigenvalue weighted by Crippen LogP contribution is 2.35. The van der Waals surface area contributed by atoms with Crippen LogP contribution in [0.2, 0.25) is 5.02 Å². The lowest BCUT2D eigenvalue weighted by Gasteiger charge is -2.13. The van der Waals surface area contributed by atoms with Crippen LogP contribution in [-0.2, 0) is 0 Å². The molecule has 1 atom stereocenters. The van der Waals surface area contributed by atoms with Crippen molar-refractivity contribution in [2.75, 3.05) is 0 Å². The van der Waals surface area contributed by atoms with E-state index >= 15 is 0 Å². The van der Waals surface area contributed by atoms with Crippen molar-refractivity contribution >= 4 is 55.6 Å². The first-order valence-corrected chi connectivity index (χ1v) is 8.09. The summed E-state index contributed by atoms with van der Waals surface area (Å²) < 4.78 is 2.21. The van der Waals surface area contributed by atoms with Crippen LogP contribution in [0.1, 0.15) is 17.2 Å². The van der Waals surface area contributed by atoms with Crippen molar-refractivity contribution < 1.29 is 5.11 Å². The molecule has 1 heterocycles. The lowest BCUT2D eigenvalue weighted by Crippen LogP contribution is -2.01. The Morgan fingerprint density at radius 3 is 2.74 bits per heavy atom. The van der Waals surface area contributed by atoms with Crippen molar-refractivity contribution in [1.82, 2.24) is 0 Å². The summed E-state index contributed by atoms with van der Waals surface area (Å²) in [5, 5.41) is 14.4. The van der Waals surface area contributed by atoms with Gasteiger partial charge in [-0.25, -0.2) is 0 Å². The lowest BCUT2D eigenvalue weighted by molar-refractivity contribution is 0.221. The number of hydrogen-bond donors (Lipinski definition) is 1. The maximum atomic E-state index is 10.6. The standard InChI is InChI=1S/C15H10ClIOS/c16-9-5-6-13(17)11(7-9)15(18)12-8-19-14-4-2-1-3-10(12)14/h1-8,15,18H. The van der Waals surface area contributed by atoms with Gasteiger partial charge in [-0.05, 0) is 63.2 Å². The Kier molecular flexibility index (Phi) is 3.80. The predicted octanol–water partition coefficient (Wildman–Crippen LogP) is 5.24. The average molecular weight is 401 g/mol. The summed E-state index contributed by atoms with van der Waals surface area (Å²) in [5.74, 6) is 0. The van der Waals surface area contributed by atoms with E-state index in [0.29, 0.717) is 5.02 Å². The van der Waals surface area contributed by atoms with E-state index in [1.165, 1.54) is 4.70 Å². The van der Waals surface area contributed by atoms with Gasteiger partial charge < -0.3 is 5.11 Å². The molecule has 19 heavy (non-hydrogen) atoms. The van der Waals surface area contributed by atoms with Crippen molar-refractivity contribution in [3.8, 4) is 0 Å². The lowest BCUT2D eigenvalue weighted by atomic mass is 10.0. The molecule has 0 bridgehead atoms. The van der Waals surface area contributed by atoms with Crippen molar-refractivity contribution in [2.45, 2.75) is 6.10 Å². The Morgan fingerprint density at radius 2 is 1.89 bits per heavy atom. The molecule has 0 saturated heterocycles. The Hall–Kier alpha value is -0.620. The molecule has 0 aliphatic carbocycles. The van der Waals surface area contributed by atoms with E-state index in [-0.39, 0.29) is 0 Å². The molecular weight excluding hydrogens is 391 g/mol. The van der Waals surface area contributed by atoms with Gasteiger partial charge in [-0.2, -0.15) is 0 Å². The molecule has 1 nitrogen and oxygen atoms in total. The number of halogens is 2. The van der Waals surface area contributed by atoms with Gasteiger partial charge in [0.05, 0.1) is 0 Å². The van der Waals surface area contributed by atoms with Crippen LogP contribution in [-0.4, -0.2) is 5.11 Å². The van der Waals surface area contributed by atoms with Gasteiger partial charge in [0.1, 0.15) is 6.10 Å². The number of thiophene rings is 1. The third-order valence-corrected chi connectivity index (χ3v) is 5.26. The molecule has 3 aromatic rings. The first-order valence-electron chi connectivity index (χ1n) is 5.76. The van der Waals surface area contributed by atoms with Crippen LogP contribution in [0.15, 0.2) is 47.8 Å². The van der Waals surface area contributed by atoms with Gasteiger partial charge in [-0.15, -0.1) is 11.3 Å². The van der Waals surface area contributed by atoms with E-state index in [2.05, 4.69) is 28.7 Å². The van der Waals surface area contributed by atoms with Crippen LogP contribution in [0, 0.1) is 3.57 Å². The van der Waals surface area contributed by atoms with Crippen LogP contribution in [0.25, 0.3) is 10.1 Å². The van der Waals surface area contributed by atoms with Gasteiger partial charge in [0, 0.05) is 18.9 Å². The van der Waals surface area contributed by atoms with Crippen molar-refractivity contribution in [3.63, 3.8) is 0 Å². The largest absolute Gasteiger partial charge is 0.384 e. The van der Waals surface area contributed by atoms with Crippen molar-refractivity contribution in [1.29, 1.82) is 0 Å². The normalized spacial score (nSPS) is 12.8. The highest BCUT2D eigenvalue weighted by atomic mass is 127. The molecule has 0 aliphatic heterocycles. The van der Waals surface area contributed by atoms with Gasteiger partial charge in [0.2, 0.25) is 0 Å². The topological polar surface area (TPSA) is 20.2 Å². The fourth-order valence-electron chi connectivity index (χ4n) is 2.10. The number of aliphatic hydroxyl groups is 1. The minimum absolute atomic E-state index is 0.637. The molecule has 1 aromatic heterocycles. The molecule has 0 radical (unpaired) electrons. The number of hydrogen-bond acceptors (Lipinski definition) is 2. The van der Waals surface area contributed by atoms with Gasteiger partial charge in [0.15, 0.2) is 0 Å². The smallest absolute Gasteiger partial charge is 0.107 e. The Morgan fingerprint density at radius 1 is 1.11 bits per heavy atom. The van der Waals surface area contributed by atoms with Crippen LogP contribution in [0.4, 0.5) is 0 Å². The first kappa shape index (κ1) is 13.4. The molecular formula is C15H10ClIOS. The number of fused-ring (bicyclic) bond motifs is 1. The second-order valence-corrected chi connectivity index (χ2v) is 6.77. The molecule has 0 aliphatic rings. The first-order chi connectivity index (χ1) is 9.16. The van der Waals surface area contributed by atoms with Crippen LogP contribution in [0.5, 0.6) is 0 Å². The third kappa shape index (κ3) is 2.52. The fourth-order valence-corrected chi connectivity index (χ4v) is 3.89. The summed E-state index contributed by atoms with van der Waals surface area (Å²) in [7, 11) is 0. The highest BCUT2D eigenvalue weighted by Gasteiger charge is 2.17. The quantitative estimate of drug-likeness (QED) is 0.583. The molecule has 0 spiro atoms. The highest BCUT2D eigenvalue weighted by molar-refractivity contribution is 14.1. The second-order valence-electron chi connectivity index (χ2n) is 4.26. The van der Waals surface area contributed by atoms with E-state index in [0.717, 1.165) is 20.1 Å². The Bertz CT molecular complexity index is 738. The predicted molar refractivity (Wildman–Crippen MR) is 90.1 cm³/mol. The molecule has 3 rings (SSSR count). The maximum Gasteiger partial charge on any atom is 0.107 e. The van der Waals surface area contributed by atoms with E-state index in [9.17, 15) is 5.11 Å². The zero-order valence-corrected chi connectivity index (χ0v) is 13.5. The molecule has 96 valence electrons. The molecule has 0 amide bonds. The Labute approximate surface area is 134 Å². The zero-order chi connectivity index (χ0) is 13.4. The van der Waals surface area contributed by atoms with Gasteiger partial charge in [0.25, 0.3) is 0 Å². The van der Waals surface area contributed by atoms with Crippen molar-refractivity contribution in [3.05, 3.63) is 67.6 Å². The van der Waals surface area contributed by atoms with Gasteiger partial charge >= 0.3 is 0 Å². The molecule has 4 heteroatoms. The fraction of sp³-hybridized carbons (Fsp3) is 0.0667. The number of rotatable bonds is 2. The SMILES string of the molecule is OC(c1cc(Cl)ccc1I)c1csc2ccccc12. The summed E-state index contributed by atoms with van der Waals surface area (Å²) in [5.41, 5.74) is 1.80. The summed E-state index contributed by atoms with van der Waals surface area (Å²) in [4.78, 5) is 0. The molecule has 0 saturated carbocycles. The third-order valence-electron chi connectivity index (χ3n) is 3.06. The number of benzene rings is 2. The van der Waals surface area contributed by atoms with Crippen molar-refractivity contribution in [2.24, 2.45) is 0 Å². The Balaban J connectivity index is 2.13. The van der Waals surface area contributed by atoms with E-state index in [4.69, 9.17) is 11.6 Å². The summed E-state index contributed by atoms with van der Waals surface area (Å²) in [6, 6.07) is 13.7. The monoisotopic (exact) mass is 400 g/mol. The van der Waals surface area contributed by atoms with E-state index in [1.807, 2.05) is 41.8 Å². The summed E-state index contributed by atoms with van der Waals surface area (Å²) in [6.45, 7) is 0. The van der Waals surface area contributed by atoms with Crippen LogP contribution in [0.3, 0.4) is 0 Å². The molecule has 2 aromatic carbocycles. The average Bonchev–Trinajstić information content (AvgIpc) is 2.84. The minimum atomic E-state index is -0.637. The van der Waals surface area contributed by atoms with E-state index < -0.39 is 6.10 Å². The van der Waals surface area contributed by atoms with Crippen LogP contribution < -0.4 is 0 Å². The summed E-state index contributed by atoms with van der Waals surface area (Å²) >= 11 is 9.91. The van der Waals surface area contributed by atoms with Gasteiger partial charge in [-0.1, -0.05) is 29.8 Å². The maximum absolute atomic E-state index is 10.6. The molecule has 1 N–H and O–H groups in total. The van der Waals surface area contributed by atoms with Crippen LogP contribution >= 0.6 is 45.5 Å². The van der Waals surface area contributed by atoms with Gasteiger partial charge in [-0.3, -0.25) is 0 Å². The number of aliphatic hydroxyl groups excluding tert-OH is 1. The molecule has 0 fully saturated rings. The summed E-state index contributed by atoms with van der Waals surface area (Å²) in [6.07, 6.45) is -0.637. The second kappa shape index (κ2) is 5.40.